The predicted molar refractivity (Wildman–Crippen MR) is 92.4 cm³/mol. The molecule has 1 aliphatic heterocycles. The highest BCUT2D eigenvalue weighted by Crippen LogP contribution is 2.28. The van der Waals surface area contributed by atoms with Gasteiger partial charge in [-0.05, 0) is 39.2 Å². The number of nitrogens with zero attached hydrogens (tertiary/aromatic N) is 2. The Morgan fingerprint density at radius 3 is 2.87 bits per heavy atom. The topological polar surface area (TPSA) is 80.5 Å². The Labute approximate surface area is 138 Å². The van der Waals surface area contributed by atoms with E-state index in [2.05, 4.69) is 22.1 Å². The van der Waals surface area contributed by atoms with Crippen molar-refractivity contribution in [2.24, 2.45) is 5.92 Å². The summed E-state index contributed by atoms with van der Waals surface area (Å²) in [5.74, 6) is 0.446. The number of nitrogens with two attached hydrogens (primary N) is 1. The molecule has 0 aromatic carbocycles. The summed E-state index contributed by atoms with van der Waals surface area (Å²) in [6.45, 7) is 9.42. The van der Waals surface area contributed by atoms with Crippen LogP contribution in [0.3, 0.4) is 0 Å². The van der Waals surface area contributed by atoms with Crippen molar-refractivity contribution in [1.82, 2.24) is 10.3 Å². The number of nitrogen functional groups attached to an aromatic ring is 1. The van der Waals surface area contributed by atoms with Gasteiger partial charge in [0, 0.05) is 19.3 Å². The molecule has 2 rings (SSSR count). The van der Waals surface area contributed by atoms with Crippen LogP contribution < -0.4 is 16.0 Å². The number of carbonyl (C=O) groups is 1. The maximum Gasteiger partial charge on any atom is 0.407 e. The third-order valence-electron chi connectivity index (χ3n) is 4.15. The molecule has 0 bridgehead atoms. The molecule has 0 radical (unpaired) electrons. The highest BCUT2D eigenvalue weighted by atomic mass is 16.6. The van der Waals surface area contributed by atoms with Gasteiger partial charge in [0.05, 0.1) is 23.6 Å². The number of hydrogen-bond acceptors (Lipinski definition) is 5. The summed E-state index contributed by atoms with van der Waals surface area (Å²) in [7, 11) is 0. The second-order valence-corrected chi connectivity index (χ2v) is 7.09. The smallest absolute Gasteiger partial charge is 0.407 e. The molecule has 0 saturated carbocycles. The Morgan fingerprint density at radius 2 is 2.26 bits per heavy atom. The standard InChI is InChI=1S/C17H28N4O2/c1-5-12-7-9-21(15-6-8-19-10-13(15)18)11-14(12)20-16(22)23-17(2,3)4/h6,8,10,12,14H,5,7,9,11,18H2,1-4H3,(H,20,22). The number of carbonyl (C=O) groups excluding carboxylic acids is 1. The van der Waals surface area contributed by atoms with Crippen LogP contribution in [0.2, 0.25) is 0 Å². The van der Waals surface area contributed by atoms with Crippen molar-refractivity contribution in [3.8, 4) is 0 Å². The van der Waals surface area contributed by atoms with E-state index in [0.29, 0.717) is 11.6 Å². The van der Waals surface area contributed by atoms with Gasteiger partial charge in [-0.25, -0.2) is 4.79 Å². The normalized spacial score (nSPS) is 21.8. The molecule has 2 unspecified atom stereocenters. The molecule has 0 aliphatic carbocycles. The summed E-state index contributed by atoms with van der Waals surface area (Å²) >= 11 is 0. The number of rotatable bonds is 3. The lowest BCUT2D eigenvalue weighted by atomic mass is 9.89. The van der Waals surface area contributed by atoms with Crippen molar-refractivity contribution in [3.63, 3.8) is 0 Å². The maximum atomic E-state index is 12.1. The average Bonchev–Trinajstić information content (AvgIpc) is 2.45. The van der Waals surface area contributed by atoms with E-state index in [4.69, 9.17) is 10.5 Å². The molecular formula is C17H28N4O2. The Kier molecular flexibility index (Phi) is 5.34. The quantitative estimate of drug-likeness (QED) is 0.895. The fourth-order valence-electron chi connectivity index (χ4n) is 3.02. The van der Waals surface area contributed by atoms with Crippen LogP contribution in [0, 0.1) is 5.92 Å². The van der Waals surface area contributed by atoms with Crippen molar-refractivity contribution in [2.45, 2.75) is 52.2 Å². The molecule has 6 heteroatoms. The van der Waals surface area contributed by atoms with Gasteiger partial charge in [-0.2, -0.15) is 0 Å². The van der Waals surface area contributed by atoms with E-state index in [1.54, 1.807) is 12.4 Å². The minimum absolute atomic E-state index is 0.0520. The van der Waals surface area contributed by atoms with Gasteiger partial charge >= 0.3 is 6.09 Å². The number of hydrogen-bond donors (Lipinski definition) is 2. The number of pyridine rings is 1. The summed E-state index contributed by atoms with van der Waals surface area (Å²) in [5.41, 5.74) is 7.18. The molecule has 1 aromatic heterocycles. The van der Waals surface area contributed by atoms with Crippen LogP contribution >= 0.6 is 0 Å². The van der Waals surface area contributed by atoms with Crippen LogP contribution in [-0.4, -0.2) is 35.8 Å². The van der Waals surface area contributed by atoms with Crippen LogP contribution in [0.15, 0.2) is 18.5 Å². The van der Waals surface area contributed by atoms with E-state index >= 15 is 0 Å². The molecule has 1 fully saturated rings. The van der Waals surface area contributed by atoms with Crippen molar-refractivity contribution in [1.29, 1.82) is 0 Å². The van der Waals surface area contributed by atoms with Gasteiger partial charge in [-0.3, -0.25) is 4.98 Å². The fourth-order valence-corrected chi connectivity index (χ4v) is 3.02. The van der Waals surface area contributed by atoms with E-state index in [1.165, 1.54) is 0 Å². The summed E-state index contributed by atoms with van der Waals surface area (Å²) in [6.07, 6.45) is 5.09. The Hall–Kier alpha value is -1.98. The van der Waals surface area contributed by atoms with Gasteiger partial charge in [0.2, 0.25) is 0 Å². The lowest BCUT2D eigenvalue weighted by Gasteiger charge is -2.40. The second-order valence-electron chi connectivity index (χ2n) is 7.09. The molecule has 23 heavy (non-hydrogen) atoms. The molecule has 1 aromatic rings. The van der Waals surface area contributed by atoms with Gasteiger partial charge < -0.3 is 20.7 Å². The summed E-state index contributed by atoms with van der Waals surface area (Å²) in [6, 6.07) is 1.97. The number of nitrogens with one attached hydrogen (secondary N) is 1. The zero-order valence-corrected chi connectivity index (χ0v) is 14.5. The minimum atomic E-state index is -0.490. The molecule has 128 valence electrons. The number of alkyl carbamates (subject to hydrolysis) is 1. The number of ether oxygens (including phenoxy) is 1. The second kappa shape index (κ2) is 7.06. The lowest BCUT2D eigenvalue weighted by Crippen LogP contribution is -2.53. The Balaban J connectivity index is 2.07. The van der Waals surface area contributed by atoms with Gasteiger partial charge in [-0.1, -0.05) is 13.3 Å². The lowest BCUT2D eigenvalue weighted by molar-refractivity contribution is 0.0479. The first-order valence-corrected chi connectivity index (χ1v) is 8.24. The molecule has 1 aliphatic rings. The Bertz CT molecular complexity index is 542. The molecule has 1 amide bonds. The predicted octanol–water partition coefficient (Wildman–Crippen LogP) is 2.79. The number of amides is 1. The van der Waals surface area contributed by atoms with E-state index in [-0.39, 0.29) is 12.1 Å². The summed E-state index contributed by atoms with van der Waals surface area (Å²) < 4.78 is 5.39. The number of aromatic nitrogens is 1. The van der Waals surface area contributed by atoms with E-state index in [9.17, 15) is 4.79 Å². The molecule has 3 N–H and O–H groups in total. The largest absolute Gasteiger partial charge is 0.444 e. The first-order chi connectivity index (χ1) is 10.8. The van der Waals surface area contributed by atoms with Gasteiger partial charge in [0.1, 0.15) is 5.60 Å². The molecule has 0 spiro atoms. The van der Waals surface area contributed by atoms with Crippen molar-refractivity contribution in [2.75, 3.05) is 23.7 Å². The first kappa shape index (κ1) is 17.4. The third-order valence-corrected chi connectivity index (χ3v) is 4.15. The third kappa shape index (κ3) is 4.74. The highest BCUT2D eigenvalue weighted by Gasteiger charge is 2.31. The van der Waals surface area contributed by atoms with Crippen LogP contribution in [0.5, 0.6) is 0 Å². The summed E-state index contributed by atoms with van der Waals surface area (Å²) in [4.78, 5) is 18.4. The molecule has 6 nitrogen and oxygen atoms in total. The zero-order chi connectivity index (χ0) is 17.0. The molecule has 2 heterocycles. The fraction of sp³-hybridized carbons (Fsp3) is 0.647. The monoisotopic (exact) mass is 320 g/mol. The molecular weight excluding hydrogens is 292 g/mol. The van der Waals surface area contributed by atoms with Gasteiger partial charge in [-0.15, -0.1) is 0 Å². The molecule has 1 saturated heterocycles. The van der Waals surface area contributed by atoms with Crippen LogP contribution in [0.1, 0.15) is 40.5 Å². The average molecular weight is 320 g/mol. The highest BCUT2D eigenvalue weighted by molar-refractivity contribution is 5.69. The minimum Gasteiger partial charge on any atom is -0.444 e. The number of piperidine rings is 1. The first-order valence-electron chi connectivity index (χ1n) is 8.24. The van der Waals surface area contributed by atoms with Crippen LogP contribution in [0.25, 0.3) is 0 Å². The summed E-state index contributed by atoms with van der Waals surface area (Å²) in [5, 5.41) is 3.04. The molecule has 2 atom stereocenters. The Morgan fingerprint density at radius 1 is 1.52 bits per heavy atom. The van der Waals surface area contributed by atoms with Crippen molar-refractivity contribution in [3.05, 3.63) is 18.5 Å². The van der Waals surface area contributed by atoms with E-state index < -0.39 is 5.60 Å². The van der Waals surface area contributed by atoms with E-state index in [1.807, 2.05) is 26.8 Å². The zero-order valence-electron chi connectivity index (χ0n) is 14.5. The van der Waals surface area contributed by atoms with Gasteiger partial charge in [0.25, 0.3) is 0 Å². The van der Waals surface area contributed by atoms with E-state index in [0.717, 1.165) is 31.6 Å². The SMILES string of the molecule is CCC1CCN(c2ccncc2N)CC1NC(=O)OC(C)(C)C. The van der Waals surface area contributed by atoms with Crippen LogP contribution in [-0.2, 0) is 4.74 Å². The maximum absolute atomic E-state index is 12.1. The number of anilines is 2. The van der Waals surface area contributed by atoms with Crippen molar-refractivity contribution >= 4 is 17.5 Å². The van der Waals surface area contributed by atoms with Gasteiger partial charge in [0.15, 0.2) is 0 Å². The van der Waals surface area contributed by atoms with Crippen molar-refractivity contribution < 1.29 is 9.53 Å². The van der Waals surface area contributed by atoms with Crippen LogP contribution in [0.4, 0.5) is 16.2 Å².